The van der Waals surface area contributed by atoms with E-state index in [1.165, 1.54) is 0 Å². The number of anilines is 1. The second-order valence-electron chi connectivity index (χ2n) is 7.81. The van der Waals surface area contributed by atoms with Crippen molar-refractivity contribution in [1.82, 2.24) is 19.8 Å². The molecule has 0 radical (unpaired) electrons. The van der Waals surface area contributed by atoms with Crippen molar-refractivity contribution in [1.29, 1.82) is 0 Å². The molecule has 1 aliphatic heterocycles. The van der Waals surface area contributed by atoms with E-state index < -0.39 is 0 Å². The number of nitrogens with zero attached hydrogens (tertiary/aromatic N) is 3. The number of nitrogens with one attached hydrogen (secondary N) is 2. The van der Waals surface area contributed by atoms with E-state index in [-0.39, 0.29) is 24.5 Å². The summed E-state index contributed by atoms with van der Waals surface area (Å²) < 4.78 is 2.14. The zero-order valence-electron chi connectivity index (χ0n) is 17.8. The standard InChI is InChI=1S/C26H23N5OS/c32-23(28-19-10-3-1-4-11-19)18-31-25(24(29-26(31)33)21-14-7-8-16-27-21)22-15-9-17-30(22)20-12-5-2-6-13-20/h1-17,24-25H,18H2,(H,28,32)(H,29,33). The molecule has 3 heterocycles. The van der Waals surface area contributed by atoms with Crippen LogP contribution in [0.4, 0.5) is 5.69 Å². The molecule has 6 nitrogen and oxygen atoms in total. The quantitative estimate of drug-likeness (QED) is 0.422. The van der Waals surface area contributed by atoms with Gasteiger partial charge in [-0.25, -0.2) is 0 Å². The molecule has 2 N–H and O–H groups in total. The van der Waals surface area contributed by atoms with Crippen LogP contribution in [0.1, 0.15) is 23.5 Å². The summed E-state index contributed by atoms with van der Waals surface area (Å²) in [6, 6.07) is 29.1. The van der Waals surface area contributed by atoms with Crippen molar-refractivity contribution < 1.29 is 4.79 Å². The van der Waals surface area contributed by atoms with Crippen LogP contribution in [-0.2, 0) is 4.79 Å². The van der Waals surface area contributed by atoms with Gasteiger partial charge in [-0.05, 0) is 60.7 Å². The lowest BCUT2D eigenvalue weighted by molar-refractivity contribution is -0.116. The highest BCUT2D eigenvalue weighted by atomic mass is 32.1. The Morgan fingerprint density at radius 3 is 2.39 bits per heavy atom. The summed E-state index contributed by atoms with van der Waals surface area (Å²) in [6.45, 7) is 0.120. The van der Waals surface area contributed by atoms with Crippen LogP contribution >= 0.6 is 12.2 Å². The SMILES string of the molecule is O=C(CN1C(=S)NC(c2ccccn2)C1c1cccn1-c1ccccc1)Nc1ccccc1. The molecule has 2 atom stereocenters. The molecule has 33 heavy (non-hydrogen) atoms. The molecule has 164 valence electrons. The van der Waals surface area contributed by atoms with Crippen LogP contribution in [0.15, 0.2) is 103 Å². The van der Waals surface area contributed by atoms with Crippen LogP contribution in [0.3, 0.4) is 0 Å². The van der Waals surface area contributed by atoms with Gasteiger partial charge in [0.1, 0.15) is 6.54 Å². The van der Waals surface area contributed by atoms with Crippen LogP contribution in [-0.4, -0.2) is 32.0 Å². The summed E-state index contributed by atoms with van der Waals surface area (Å²) in [5, 5.41) is 6.90. The molecule has 0 aliphatic carbocycles. The van der Waals surface area contributed by atoms with E-state index in [1.54, 1.807) is 6.20 Å². The van der Waals surface area contributed by atoms with Gasteiger partial charge >= 0.3 is 0 Å². The first-order chi connectivity index (χ1) is 16.2. The van der Waals surface area contributed by atoms with Crippen molar-refractivity contribution in [2.24, 2.45) is 0 Å². The highest BCUT2D eigenvalue weighted by Gasteiger charge is 2.42. The van der Waals surface area contributed by atoms with Gasteiger partial charge in [0.15, 0.2) is 5.11 Å². The lowest BCUT2D eigenvalue weighted by atomic mass is 10.0. The average molecular weight is 454 g/mol. The van der Waals surface area contributed by atoms with E-state index in [9.17, 15) is 4.79 Å². The number of carbonyl (C=O) groups is 1. The minimum atomic E-state index is -0.218. The van der Waals surface area contributed by atoms with Crippen molar-refractivity contribution in [3.05, 3.63) is 115 Å². The van der Waals surface area contributed by atoms with Gasteiger partial charge in [-0.2, -0.15) is 0 Å². The Morgan fingerprint density at radius 1 is 0.939 bits per heavy atom. The number of carbonyl (C=O) groups excluding carboxylic acids is 1. The van der Waals surface area contributed by atoms with E-state index in [1.807, 2.05) is 83.9 Å². The molecule has 1 aliphatic rings. The molecule has 7 heteroatoms. The highest BCUT2D eigenvalue weighted by molar-refractivity contribution is 7.80. The number of pyridine rings is 1. The average Bonchev–Trinajstić information content (AvgIpc) is 3.45. The van der Waals surface area contributed by atoms with Crippen molar-refractivity contribution in [3.8, 4) is 5.69 Å². The first kappa shape index (κ1) is 20.9. The molecule has 2 aromatic carbocycles. The minimum absolute atomic E-state index is 0.120. The molecule has 0 saturated carbocycles. The molecule has 1 fully saturated rings. The smallest absolute Gasteiger partial charge is 0.244 e. The summed E-state index contributed by atoms with van der Waals surface area (Å²) in [5.74, 6) is -0.130. The van der Waals surface area contributed by atoms with Crippen LogP contribution in [0.5, 0.6) is 0 Å². The maximum Gasteiger partial charge on any atom is 0.244 e. The summed E-state index contributed by atoms with van der Waals surface area (Å²) in [4.78, 5) is 19.5. The van der Waals surface area contributed by atoms with Gasteiger partial charge < -0.3 is 20.1 Å². The predicted molar refractivity (Wildman–Crippen MR) is 133 cm³/mol. The largest absolute Gasteiger partial charge is 0.352 e. The number of amides is 1. The third-order valence-corrected chi connectivity index (χ3v) is 6.04. The number of thiocarbonyl (C=S) groups is 1. The van der Waals surface area contributed by atoms with Gasteiger partial charge in [0, 0.05) is 29.5 Å². The molecule has 2 unspecified atom stereocenters. The van der Waals surface area contributed by atoms with Gasteiger partial charge in [-0.1, -0.05) is 42.5 Å². The minimum Gasteiger partial charge on any atom is -0.352 e. The molecule has 2 aromatic heterocycles. The normalized spacial score (nSPS) is 17.6. The van der Waals surface area contributed by atoms with Gasteiger partial charge in [0.2, 0.25) is 5.91 Å². The Bertz CT molecular complexity index is 1240. The van der Waals surface area contributed by atoms with E-state index in [0.717, 1.165) is 22.8 Å². The Kier molecular flexibility index (Phi) is 5.87. The molecule has 4 aromatic rings. The molecule has 1 saturated heterocycles. The number of para-hydroxylation sites is 2. The van der Waals surface area contributed by atoms with Gasteiger partial charge in [0.25, 0.3) is 0 Å². The Hall–Kier alpha value is -3.97. The second kappa shape index (κ2) is 9.26. The summed E-state index contributed by atoms with van der Waals surface area (Å²) in [7, 11) is 0. The van der Waals surface area contributed by atoms with Gasteiger partial charge in [-0.15, -0.1) is 0 Å². The number of hydrogen-bond acceptors (Lipinski definition) is 3. The Balaban J connectivity index is 1.51. The lowest BCUT2D eigenvalue weighted by Crippen LogP contribution is -2.37. The predicted octanol–water partition coefficient (Wildman–Crippen LogP) is 4.48. The van der Waals surface area contributed by atoms with E-state index in [0.29, 0.717) is 5.11 Å². The van der Waals surface area contributed by atoms with Gasteiger partial charge in [0.05, 0.1) is 17.8 Å². The molecule has 0 spiro atoms. The first-order valence-corrected chi connectivity index (χ1v) is 11.2. The number of hydrogen-bond donors (Lipinski definition) is 2. The third-order valence-electron chi connectivity index (χ3n) is 5.69. The topological polar surface area (TPSA) is 62.2 Å². The molecule has 1 amide bonds. The maximum atomic E-state index is 13.0. The molecular formula is C26H23N5OS. The summed E-state index contributed by atoms with van der Waals surface area (Å²) in [5.41, 5.74) is 3.70. The van der Waals surface area contributed by atoms with Crippen LogP contribution in [0, 0.1) is 0 Å². The Morgan fingerprint density at radius 2 is 1.67 bits per heavy atom. The fourth-order valence-electron chi connectivity index (χ4n) is 4.23. The van der Waals surface area contributed by atoms with Crippen LogP contribution in [0.25, 0.3) is 5.69 Å². The van der Waals surface area contributed by atoms with Crippen molar-refractivity contribution in [2.45, 2.75) is 12.1 Å². The van der Waals surface area contributed by atoms with E-state index in [2.05, 4.69) is 38.4 Å². The Labute approximate surface area is 197 Å². The van der Waals surface area contributed by atoms with Gasteiger partial charge in [-0.3, -0.25) is 9.78 Å². The fraction of sp³-hybridized carbons (Fsp3) is 0.115. The van der Waals surface area contributed by atoms with E-state index >= 15 is 0 Å². The van der Waals surface area contributed by atoms with E-state index in [4.69, 9.17) is 12.2 Å². The summed E-state index contributed by atoms with van der Waals surface area (Å²) >= 11 is 5.71. The number of rotatable bonds is 6. The maximum absolute atomic E-state index is 13.0. The monoisotopic (exact) mass is 453 g/mol. The molecule has 0 bridgehead atoms. The molecular weight excluding hydrogens is 430 g/mol. The number of aromatic nitrogens is 2. The second-order valence-corrected chi connectivity index (χ2v) is 8.19. The zero-order valence-corrected chi connectivity index (χ0v) is 18.7. The lowest BCUT2D eigenvalue weighted by Gasteiger charge is -2.28. The van der Waals surface area contributed by atoms with Crippen molar-refractivity contribution >= 4 is 28.9 Å². The zero-order chi connectivity index (χ0) is 22.6. The molecule has 5 rings (SSSR count). The van der Waals surface area contributed by atoms with Crippen LogP contribution < -0.4 is 10.6 Å². The van der Waals surface area contributed by atoms with Crippen molar-refractivity contribution in [2.75, 3.05) is 11.9 Å². The summed E-state index contributed by atoms with van der Waals surface area (Å²) in [6.07, 6.45) is 3.81. The highest BCUT2D eigenvalue weighted by Crippen LogP contribution is 2.39. The van der Waals surface area contributed by atoms with Crippen LogP contribution in [0.2, 0.25) is 0 Å². The third kappa shape index (κ3) is 4.36. The first-order valence-electron chi connectivity index (χ1n) is 10.8. The number of benzene rings is 2. The van der Waals surface area contributed by atoms with Crippen molar-refractivity contribution in [3.63, 3.8) is 0 Å². The fourth-order valence-corrected chi connectivity index (χ4v) is 4.54.